The number of aliphatic hydroxyl groups excluding tert-OH is 1. The summed E-state index contributed by atoms with van der Waals surface area (Å²) in [7, 11) is 0. The number of halogens is 4. The number of pyridine rings is 1. The maximum Gasteiger partial charge on any atom is 0.272 e. The van der Waals surface area contributed by atoms with E-state index in [1.165, 1.54) is 29.2 Å². The second-order valence-electron chi connectivity index (χ2n) is 9.55. The van der Waals surface area contributed by atoms with Crippen LogP contribution in [0.3, 0.4) is 0 Å². The van der Waals surface area contributed by atoms with Crippen LogP contribution in [0.5, 0.6) is 11.6 Å². The minimum Gasteiger partial charge on any atom is -0.485 e. The van der Waals surface area contributed by atoms with Gasteiger partial charge in [0.15, 0.2) is 0 Å². The van der Waals surface area contributed by atoms with Crippen LogP contribution in [0.15, 0.2) is 61.0 Å². The van der Waals surface area contributed by atoms with Crippen LogP contribution in [-0.4, -0.2) is 76.4 Å². The summed E-state index contributed by atoms with van der Waals surface area (Å²) in [5, 5.41) is 14.3. The number of rotatable bonds is 15. The number of likely N-dealkylation sites (N-methyl/N-ethyl adjacent to an activating group) is 1. The smallest absolute Gasteiger partial charge is 0.272 e. The maximum atomic E-state index is 13.5. The fourth-order valence-electron chi connectivity index (χ4n) is 4.47. The summed E-state index contributed by atoms with van der Waals surface area (Å²) in [5.74, 6) is 0.129. The van der Waals surface area contributed by atoms with Crippen molar-refractivity contribution in [3.63, 3.8) is 0 Å². The van der Waals surface area contributed by atoms with Gasteiger partial charge in [-0.2, -0.15) is 5.10 Å². The quantitative estimate of drug-likeness (QED) is 0.0957. The van der Waals surface area contributed by atoms with Crippen LogP contribution in [0.2, 0.25) is 0 Å². The molecular formula is C30H32F4N6O4. The second kappa shape index (κ2) is 14.6. The highest BCUT2D eigenvalue weighted by molar-refractivity contribution is 6.12. The first-order valence-electron chi connectivity index (χ1n) is 13.7. The molecular weight excluding hydrogens is 584 g/mol. The number of anilines is 2. The first-order valence-corrected chi connectivity index (χ1v) is 13.7. The van der Waals surface area contributed by atoms with Gasteiger partial charge in [0.05, 0.1) is 41.6 Å². The molecule has 0 bridgehead atoms. The van der Waals surface area contributed by atoms with E-state index in [1.807, 2.05) is 6.92 Å². The Balaban J connectivity index is 1.57. The molecule has 0 unspecified atom stereocenters. The molecule has 0 amide bonds. The van der Waals surface area contributed by atoms with Crippen molar-refractivity contribution in [2.24, 2.45) is 0 Å². The minimum atomic E-state index is -2.68. The minimum absolute atomic E-state index is 0.0720. The Labute approximate surface area is 250 Å². The number of carbonyl (C=O) groups is 1. The largest absolute Gasteiger partial charge is 0.485 e. The number of fused-ring (bicyclic) bond motifs is 1. The molecule has 4 aromatic rings. The Morgan fingerprint density at radius 2 is 1.95 bits per heavy atom. The molecule has 0 aliphatic heterocycles. The van der Waals surface area contributed by atoms with Crippen molar-refractivity contribution in [3.8, 4) is 17.3 Å². The zero-order valence-electron chi connectivity index (χ0n) is 24.0. The van der Waals surface area contributed by atoms with Crippen LogP contribution >= 0.6 is 0 Å². The topological polar surface area (TPSA) is 132 Å². The van der Waals surface area contributed by atoms with Gasteiger partial charge in [-0.1, -0.05) is 12.2 Å². The lowest BCUT2D eigenvalue weighted by molar-refractivity contribution is 0.0821. The van der Waals surface area contributed by atoms with Crippen LogP contribution in [0, 0.1) is 6.92 Å². The Morgan fingerprint density at radius 1 is 1.16 bits per heavy atom. The van der Waals surface area contributed by atoms with Gasteiger partial charge in [-0.3, -0.25) is 4.79 Å². The number of H-pyrrole nitrogens is 1. The number of ether oxygens (including phenoxy) is 2. The van der Waals surface area contributed by atoms with Gasteiger partial charge in [-0.05, 0) is 49.8 Å². The molecule has 0 radical (unpaired) electrons. The molecule has 4 rings (SSSR count). The number of alkyl halides is 4. The Hall–Kier alpha value is -4.85. The summed E-state index contributed by atoms with van der Waals surface area (Å²) in [4.78, 5) is 22.6. The third kappa shape index (κ3) is 7.56. The number of carbonyl (C=O) groups excluding carboxylic acids is 1. The number of benzene rings is 1. The second-order valence-corrected chi connectivity index (χ2v) is 9.55. The fraction of sp³-hybridized carbons (Fsp3) is 0.300. The highest BCUT2D eigenvalue weighted by atomic mass is 19.3. The van der Waals surface area contributed by atoms with E-state index in [0.717, 1.165) is 6.08 Å². The van der Waals surface area contributed by atoms with Crippen LogP contribution in [0.25, 0.3) is 16.6 Å². The zero-order valence-corrected chi connectivity index (χ0v) is 24.0. The number of aromatic amines is 1. The van der Waals surface area contributed by atoms with Crippen molar-refractivity contribution in [1.82, 2.24) is 19.7 Å². The maximum absolute atomic E-state index is 13.5. The average molecular weight is 617 g/mol. The van der Waals surface area contributed by atoms with E-state index in [9.17, 15) is 27.5 Å². The van der Waals surface area contributed by atoms with Crippen LogP contribution in [-0.2, 0) is 0 Å². The number of allylic oxidation sites excluding steroid dienone is 3. The van der Waals surface area contributed by atoms with Gasteiger partial charge in [-0.15, -0.1) is 0 Å². The number of hydrogen-bond acceptors (Lipinski definition) is 8. The molecule has 0 atom stereocenters. The molecule has 0 aliphatic carbocycles. The first-order chi connectivity index (χ1) is 21.1. The number of aryl methyl sites for hydroxylation is 1. The van der Waals surface area contributed by atoms with Gasteiger partial charge in [0.1, 0.15) is 24.8 Å². The standard InChI is InChI=1S/C30H32F4N6O4/c1-3-39(8-9-41)23-14-21-19(13-25(23)44-17-27(33)34)12-22(38-21)29(42)20-15-37-40(30(20)35)24-16-36-28(11-18(24)2)43-10-6-4-5-7-26(31)32/h4-7,11-16,26-27,38,41H,3,8-10,17,35H2,1-2H3/b6-4-,7-5-. The van der Waals surface area contributed by atoms with E-state index in [0.29, 0.717) is 40.3 Å². The van der Waals surface area contributed by atoms with E-state index in [2.05, 4.69) is 15.1 Å². The molecule has 0 spiro atoms. The number of aromatic nitrogens is 4. The molecule has 10 nitrogen and oxygen atoms in total. The molecule has 3 aromatic heterocycles. The van der Waals surface area contributed by atoms with Crippen molar-refractivity contribution < 1.29 is 36.9 Å². The van der Waals surface area contributed by atoms with E-state index in [-0.39, 0.29) is 42.6 Å². The summed E-state index contributed by atoms with van der Waals surface area (Å²) in [6, 6.07) is 6.49. The van der Waals surface area contributed by atoms with Gasteiger partial charge in [0, 0.05) is 30.1 Å². The molecule has 3 heterocycles. The number of nitrogens with zero attached hydrogens (tertiary/aromatic N) is 4. The van der Waals surface area contributed by atoms with E-state index in [1.54, 1.807) is 42.2 Å². The Bertz CT molecular complexity index is 1650. The molecule has 44 heavy (non-hydrogen) atoms. The zero-order chi connectivity index (χ0) is 31.8. The van der Waals surface area contributed by atoms with Crippen molar-refractivity contribution >= 4 is 28.2 Å². The Kier molecular flexibility index (Phi) is 10.6. The third-order valence-electron chi connectivity index (χ3n) is 6.57. The SMILES string of the molecule is CCN(CCO)c1cc2[nH]c(C(=O)c3cnn(-c4cnc(OC/C=C\C=C/C(F)F)cc4C)c3N)cc2cc1OCC(F)F. The van der Waals surface area contributed by atoms with Crippen molar-refractivity contribution in [2.75, 3.05) is 43.5 Å². The monoisotopic (exact) mass is 616 g/mol. The number of nitrogens with two attached hydrogens (primary N) is 1. The predicted molar refractivity (Wildman–Crippen MR) is 158 cm³/mol. The molecule has 0 saturated carbocycles. The highest BCUT2D eigenvalue weighted by Gasteiger charge is 2.22. The van der Waals surface area contributed by atoms with E-state index in [4.69, 9.17) is 15.2 Å². The predicted octanol–water partition coefficient (Wildman–Crippen LogP) is 5.09. The third-order valence-corrected chi connectivity index (χ3v) is 6.57. The summed E-state index contributed by atoms with van der Waals surface area (Å²) in [6.07, 6.45) is 2.61. The summed E-state index contributed by atoms with van der Waals surface area (Å²) >= 11 is 0. The van der Waals surface area contributed by atoms with Crippen LogP contribution < -0.4 is 20.1 Å². The number of nitrogen functional groups attached to an aromatic ring is 1. The number of hydrogen-bond donors (Lipinski definition) is 3. The normalized spacial score (nSPS) is 11.9. The van der Waals surface area contributed by atoms with Gasteiger partial charge in [-0.25, -0.2) is 27.2 Å². The summed E-state index contributed by atoms with van der Waals surface area (Å²) in [6.45, 7) is 3.55. The molecule has 0 saturated heterocycles. The van der Waals surface area contributed by atoms with Crippen LogP contribution in [0.1, 0.15) is 28.5 Å². The molecule has 14 heteroatoms. The van der Waals surface area contributed by atoms with Gasteiger partial charge in [0.2, 0.25) is 11.7 Å². The highest BCUT2D eigenvalue weighted by Crippen LogP contribution is 2.35. The lowest BCUT2D eigenvalue weighted by atomic mass is 10.1. The average Bonchev–Trinajstić information content (AvgIpc) is 3.58. The molecule has 4 N–H and O–H groups in total. The molecule has 234 valence electrons. The molecule has 0 aliphatic rings. The van der Waals surface area contributed by atoms with Gasteiger partial charge >= 0.3 is 0 Å². The molecule has 0 fully saturated rings. The fourth-order valence-corrected chi connectivity index (χ4v) is 4.47. The van der Waals surface area contributed by atoms with E-state index < -0.39 is 25.2 Å². The summed E-state index contributed by atoms with van der Waals surface area (Å²) in [5.41, 5.74) is 8.94. The van der Waals surface area contributed by atoms with Gasteiger partial charge < -0.3 is 30.2 Å². The van der Waals surface area contributed by atoms with Crippen molar-refractivity contribution in [1.29, 1.82) is 0 Å². The van der Waals surface area contributed by atoms with Crippen LogP contribution in [0.4, 0.5) is 29.1 Å². The lowest BCUT2D eigenvalue weighted by Gasteiger charge is -2.25. The van der Waals surface area contributed by atoms with E-state index >= 15 is 0 Å². The van der Waals surface area contributed by atoms with Gasteiger partial charge in [0.25, 0.3) is 12.9 Å². The number of aliphatic hydroxyl groups is 1. The molecule has 1 aromatic carbocycles. The van der Waals surface area contributed by atoms with Crippen molar-refractivity contribution in [3.05, 3.63) is 77.8 Å². The van der Waals surface area contributed by atoms with Crippen molar-refractivity contribution in [2.45, 2.75) is 26.7 Å². The number of nitrogens with one attached hydrogen (secondary N) is 1. The first kappa shape index (κ1) is 32.1. The Morgan fingerprint density at radius 3 is 2.64 bits per heavy atom. The lowest BCUT2D eigenvalue weighted by Crippen LogP contribution is -2.27. The number of ketones is 1. The summed E-state index contributed by atoms with van der Waals surface area (Å²) < 4.78 is 62.4.